The van der Waals surface area contributed by atoms with Gasteiger partial charge in [0.05, 0.1) is 24.2 Å². The molecule has 4 saturated heterocycles. The Morgan fingerprint density at radius 2 is 1.64 bits per heavy atom. The van der Waals surface area contributed by atoms with E-state index in [1.165, 1.54) is 0 Å². The van der Waals surface area contributed by atoms with Crippen LogP contribution in [0.1, 0.15) is 28.9 Å². The second-order valence-electron chi connectivity index (χ2n) is 11.9. The Morgan fingerprint density at radius 3 is 2.33 bits per heavy atom. The first-order chi connectivity index (χ1) is 21.2. The smallest absolute Gasteiger partial charge is 0.417 e. The highest BCUT2D eigenvalue weighted by Gasteiger charge is 2.47. The molecule has 0 unspecified atom stereocenters. The molecule has 1 N–H and O–H groups in total. The van der Waals surface area contributed by atoms with Crippen molar-refractivity contribution < 1.29 is 40.3 Å². The lowest BCUT2D eigenvalue weighted by atomic mass is 10.1. The zero-order valence-corrected chi connectivity index (χ0v) is 24.0. The van der Waals surface area contributed by atoms with Gasteiger partial charge in [-0.2, -0.15) is 13.2 Å². The normalized spacial score (nSPS) is 24.5. The molecule has 4 aliphatic heterocycles. The van der Waals surface area contributed by atoms with Gasteiger partial charge in [0, 0.05) is 81.8 Å². The van der Waals surface area contributed by atoms with E-state index in [1.807, 2.05) is 4.90 Å². The van der Waals surface area contributed by atoms with E-state index in [1.54, 1.807) is 40.1 Å². The Balaban J connectivity index is 0.000000272. The zero-order valence-electron chi connectivity index (χ0n) is 24.0. The number of piperazine rings is 2. The van der Waals surface area contributed by atoms with Gasteiger partial charge in [-0.05, 0) is 30.3 Å². The molecule has 0 aliphatic carbocycles. The van der Waals surface area contributed by atoms with Gasteiger partial charge in [-0.15, -0.1) is 0 Å². The molecule has 8 nitrogen and oxygen atoms in total. The van der Waals surface area contributed by atoms with Crippen molar-refractivity contribution in [2.45, 2.75) is 42.9 Å². The van der Waals surface area contributed by atoms with Crippen LogP contribution in [0.4, 0.5) is 30.7 Å². The zero-order chi connectivity index (χ0) is 32.0. The molecule has 2 atom stereocenters. The molecule has 3 aromatic rings. The lowest BCUT2D eigenvalue weighted by Crippen LogP contribution is -2.52. The molecule has 6 heterocycles. The Morgan fingerprint density at radius 1 is 0.911 bits per heavy atom. The van der Waals surface area contributed by atoms with Gasteiger partial charge in [0.15, 0.2) is 0 Å². The number of amides is 1. The highest BCUT2D eigenvalue weighted by Crippen LogP contribution is 2.35. The summed E-state index contributed by atoms with van der Waals surface area (Å²) in [5.41, 5.74) is -0.142. The van der Waals surface area contributed by atoms with Crippen LogP contribution in [-0.2, 0) is 6.18 Å². The van der Waals surface area contributed by atoms with Crippen molar-refractivity contribution in [1.29, 1.82) is 0 Å². The van der Waals surface area contributed by atoms with E-state index in [0.29, 0.717) is 35.9 Å². The summed E-state index contributed by atoms with van der Waals surface area (Å²) in [7, 11) is 0. The molecule has 2 aromatic heterocycles. The van der Waals surface area contributed by atoms with Crippen LogP contribution in [0.15, 0.2) is 48.7 Å². The topological polar surface area (TPSA) is 73.8 Å². The molecule has 0 spiro atoms. The number of halogens is 7. The van der Waals surface area contributed by atoms with E-state index in [9.17, 15) is 35.5 Å². The molecule has 4 fully saturated rings. The fraction of sp³-hybridized carbons (Fsp3) is 0.500. The van der Waals surface area contributed by atoms with Gasteiger partial charge in [0.1, 0.15) is 11.4 Å². The summed E-state index contributed by atoms with van der Waals surface area (Å²) in [5, 5.41) is 3.77. The summed E-state index contributed by atoms with van der Waals surface area (Å²) in [6.07, 6.45) is -3.99. The van der Waals surface area contributed by atoms with Crippen molar-refractivity contribution in [3.63, 3.8) is 0 Å². The second kappa shape index (κ2) is 12.0. The molecule has 15 heteroatoms. The van der Waals surface area contributed by atoms with Crippen molar-refractivity contribution in [3.8, 4) is 11.6 Å². The Bertz CT molecular complexity index is 1520. The number of hydrogen-bond donors (Lipinski definition) is 1. The summed E-state index contributed by atoms with van der Waals surface area (Å²) in [5.74, 6) is -5.12. The molecule has 0 saturated carbocycles. The van der Waals surface area contributed by atoms with Gasteiger partial charge >= 0.3 is 6.18 Å². The van der Waals surface area contributed by atoms with Gasteiger partial charge < -0.3 is 15.0 Å². The number of pyridine rings is 2. The molecule has 45 heavy (non-hydrogen) atoms. The predicted octanol–water partition coefficient (Wildman–Crippen LogP) is 4.91. The van der Waals surface area contributed by atoms with E-state index >= 15 is 0 Å². The lowest BCUT2D eigenvalue weighted by molar-refractivity contribution is -0.137. The third-order valence-corrected chi connectivity index (χ3v) is 8.47. The van der Waals surface area contributed by atoms with Gasteiger partial charge in [0.2, 0.25) is 5.88 Å². The van der Waals surface area contributed by atoms with Crippen molar-refractivity contribution >= 4 is 16.8 Å². The van der Waals surface area contributed by atoms with Crippen molar-refractivity contribution in [1.82, 2.24) is 30.0 Å². The molecule has 7 rings (SSSR count). The van der Waals surface area contributed by atoms with E-state index in [4.69, 9.17) is 4.74 Å². The van der Waals surface area contributed by atoms with Gasteiger partial charge in [-0.1, -0.05) is 6.07 Å². The second-order valence-corrected chi connectivity index (χ2v) is 11.9. The van der Waals surface area contributed by atoms with Crippen LogP contribution in [0.3, 0.4) is 0 Å². The SMILES string of the molecule is FC1(F)C[C@H]2CNCCN2C1.O=C(c1ccc2cc(Oc3ccc(C(F)(F)F)cn3)ccc2n1)N1CCN2CC(F)(F)C[C@H]2C1. The minimum Gasteiger partial charge on any atom is -0.439 e. The molecule has 1 aromatic carbocycles. The number of alkyl halides is 7. The monoisotopic (exact) mass is 640 g/mol. The number of carbonyl (C=O) groups excluding carboxylic acids is 1. The summed E-state index contributed by atoms with van der Waals surface area (Å²) >= 11 is 0. The molecule has 0 radical (unpaired) electrons. The fourth-order valence-corrected chi connectivity index (χ4v) is 6.28. The Kier molecular flexibility index (Phi) is 8.37. The van der Waals surface area contributed by atoms with Crippen LogP contribution in [0, 0.1) is 0 Å². The first-order valence-electron chi connectivity index (χ1n) is 14.6. The van der Waals surface area contributed by atoms with Gasteiger partial charge in [0.25, 0.3) is 17.8 Å². The number of carbonyl (C=O) groups is 1. The third-order valence-electron chi connectivity index (χ3n) is 8.47. The molecule has 242 valence electrons. The minimum absolute atomic E-state index is 0.00346. The molecular formula is C30H31F7N6O2. The summed E-state index contributed by atoms with van der Waals surface area (Å²) < 4.78 is 96.5. The fourth-order valence-electron chi connectivity index (χ4n) is 6.28. The third kappa shape index (κ3) is 7.31. The number of aromatic nitrogens is 2. The minimum atomic E-state index is -4.48. The van der Waals surface area contributed by atoms with Crippen LogP contribution in [-0.4, -0.2) is 107 Å². The molecular weight excluding hydrogens is 609 g/mol. The average Bonchev–Trinajstić information content (AvgIpc) is 3.48. The van der Waals surface area contributed by atoms with Crippen molar-refractivity contribution in [3.05, 3.63) is 59.9 Å². The van der Waals surface area contributed by atoms with Crippen LogP contribution in [0.2, 0.25) is 0 Å². The Labute approximate surface area is 254 Å². The van der Waals surface area contributed by atoms with Crippen LogP contribution >= 0.6 is 0 Å². The number of nitrogens with one attached hydrogen (secondary N) is 1. The van der Waals surface area contributed by atoms with E-state index in [0.717, 1.165) is 31.8 Å². The summed E-state index contributed by atoms with van der Waals surface area (Å²) in [6.45, 7) is 3.07. The largest absolute Gasteiger partial charge is 0.439 e. The first-order valence-corrected chi connectivity index (χ1v) is 14.6. The van der Waals surface area contributed by atoms with E-state index in [2.05, 4.69) is 15.3 Å². The average molecular weight is 641 g/mol. The first kappa shape index (κ1) is 31.4. The molecule has 4 aliphatic rings. The quantitative estimate of drug-likeness (QED) is 0.409. The van der Waals surface area contributed by atoms with Gasteiger partial charge in [-0.3, -0.25) is 14.6 Å². The standard InChI is InChI=1S/C23H19F5N4O2.C7H12F2N2/c24-22(25)10-16-12-31(7-8-32(16)13-22)21(33)19-4-1-14-9-17(3-5-18(14)30-19)34-20-6-2-15(11-29-20)23(26,27)28;8-7(9)3-6-4-10-1-2-11(6)5-7/h1-6,9,11,16H,7-8,10,12-13H2;6,10H,1-5H2/t16-;6-/m00/s1. The number of benzene rings is 1. The maximum absolute atomic E-state index is 13.7. The van der Waals surface area contributed by atoms with Crippen molar-refractivity contribution in [2.24, 2.45) is 0 Å². The summed E-state index contributed by atoms with van der Waals surface area (Å²) in [4.78, 5) is 26.2. The van der Waals surface area contributed by atoms with Crippen LogP contribution < -0.4 is 10.1 Å². The number of ether oxygens (including phenoxy) is 1. The van der Waals surface area contributed by atoms with Gasteiger partial charge in [-0.25, -0.2) is 27.5 Å². The highest BCUT2D eigenvalue weighted by atomic mass is 19.4. The maximum atomic E-state index is 13.7. The molecule has 1 amide bonds. The lowest BCUT2D eigenvalue weighted by Gasteiger charge is -2.36. The summed E-state index contributed by atoms with van der Waals surface area (Å²) in [6, 6.07) is 9.81. The number of hydrogen-bond acceptors (Lipinski definition) is 7. The predicted molar refractivity (Wildman–Crippen MR) is 150 cm³/mol. The van der Waals surface area contributed by atoms with Crippen molar-refractivity contribution in [2.75, 3.05) is 52.4 Å². The van der Waals surface area contributed by atoms with E-state index in [-0.39, 0.29) is 62.0 Å². The van der Waals surface area contributed by atoms with Crippen LogP contribution in [0.5, 0.6) is 11.6 Å². The van der Waals surface area contributed by atoms with E-state index < -0.39 is 23.6 Å². The Hall–Kier alpha value is -3.56. The number of fused-ring (bicyclic) bond motifs is 3. The highest BCUT2D eigenvalue weighted by molar-refractivity contribution is 5.95. The molecule has 0 bridgehead atoms. The number of rotatable bonds is 3. The number of nitrogens with zero attached hydrogens (tertiary/aromatic N) is 5. The van der Waals surface area contributed by atoms with Crippen LogP contribution in [0.25, 0.3) is 10.9 Å². The maximum Gasteiger partial charge on any atom is 0.417 e.